The summed E-state index contributed by atoms with van der Waals surface area (Å²) in [5.41, 5.74) is 0. The van der Waals surface area contributed by atoms with Gasteiger partial charge in [-0.05, 0) is 30.6 Å². The van der Waals surface area contributed by atoms with Gasteiger partial charge < -0.3 is 14.6 Å². The summed E-state index contributed by atoms with van der Waals surface area (Å²) in [7, 11) is 1.30. The quantitative estimate of drug-likeness (QED) is 0.621. The van der Waals surface area contributed by atoms with Gasteiger partial charge in [-0.2, -0.15) is 0 Å². The number of esters is 1. The van der Waals surface area contributed by atoms with Crippen molar-refractivity contribution in [2.45, 2.75) is 58.8 Å². The molecule has 0 bridgehead atoms. The van der Waals surface area contributed by atoms with E-state index in [1.165, 1.54) is 20.5 Å². The SMILES string of the molecule is COC(C)(O)C(=O)OC1CC(C)CCC1C(C)C. The Morgan fingerprint density at radius 1 is 1.39 bits per heavy atom. The minimum Gasteiger partial charge on any atom is -0.458 e. The lowest BCUT2D eigenvalue weighted by Crippen LogP contribution is -2.44. The molecule has 0 spiro atoms. The molecule has 1 aliphatic rings. The van der Waals surface area contributed by atoms with Gasteiger partial charge in [0.2, 0.25) is 0 Å². The Bertz CT molecular complexity index is 286. The van der Waals surface area contributed by atoms with Gasteiger partial charge in [0.05, 0.1) is 0 Å². The van der Waals surface area contributed by atoms with E-state index >= 15 is 0 Å². The van der Waals surface area contributed by atoms with Crippen LogP contribution < -0.4 is 0 Å². The van der Waals surface area contributed by atoms with E-state index in [1.807, 2.05) is 0 Å². The van der Waals surface area contributed by atoms with Gasteiger partial charge in [0.25, 0.3) is 5.79 Å². The maximum atomic E-state index is 11.8. The van der Waals surface area contributed by atoms with Crippen molar-refractivity contribution in [2.75, 3.05) is 7.11 Å². The highest BCUT2D eigenvalue weighted by atomic mass is 16.7. The molecule has 0 aromatic carbocycles. The molecule has 0 aromatic heterocycles. The Morgan fingerprint density at radius 3 is 2.50 bits per heavy atom. The topological polar surface area (TPSA) is 55.8 Å². The lowest BCUT2D eigenvalue weighted by Gasteiger charge is -2.37. The number of aliphatic hydroxyl groups is 1. The fraction of sp³-hybridized carbons (Fsp3) is 0.929. The zero-order chi connectivity index (χ0) is 13.9. The van der Waals surface area contributed by atoms with Gasteiger partial charge in [-0.1, -0.05) is 27.2 Å². The molecule has 0 aliphatic heterocycles. The molecule has 4 unspecified atom stereocenters. The second-order valence-corrected chi connectivity index (χ2v) is 5.96. The minimum absolute atomic E-state index is 0.108. The first-order chi connectivity index (χ1) is 8.27. The zero-order valence-corrected chi connectivity index (χ0v) is 12.1. The van der Waals surface area contributed by atoms with E-state index in [-0.39, 0.29) is 6.10 Å². The van der Waals surface area contributed by atoms with E-state index in [0.29, 0.717) is 17.8 Å². The first kappa shape index (κ1) is 15.4. The first-order valence-electron chi connectivity index (χ1n) is 6.76. The van der Waals surface area contributed by atoms with Crippen molar-refractivity contribution in [3.8, 4) is 0 Å². The van der Waals surface area contributed by atoms with Gasteiger partial charge in [-0.15, -0.1) is 0 Å². The molecule has 1 aliphatic carbocycles. The van der Waals surface area contributed by atoms with Crippen LogP contribution in [0, 0.1) is 17.8 Å². The van der Waals surface area contributed by atoms with Crippen LogP contribution in [0.5, 0.6) is 0 Å². The lowest BCUT2D eigenvalue weighted by atomic mass is 9.75. The van der Waals surface area contributed by atoms with Gasteiger partial charge in [0.1, 0.15) is 6.10 Å². The van der Waals surface area contributed by atoms with Gasteiger partial charge in [-0.3, -0.25) is 0 Å². The third kappa shape index (κ3) is 3.69. The number of carbonyl (C=O) groups excluding carboxylic acids is 1. The van der Waals surface area contributed by atoms with E-state index in [4.69, 9.17) is 9.47 Å². The number of hydrogen-bond acceptors (Lipinski definition) is 4. The highest BCUT2D eigenvalue weighted by Gasteiger charge is 2.38. The summed E-state index contributed by atoms with van der Waals surface area (Å²) in [5.74, 6) is -1.12. The van der Waals surface area contributed by atoms with Crippen molar-refractivity contribution < 1.29 is 19.4 Å². The fourth-order valence-electron chi connectivity index (χ4n) is 2.58. The Hall–Kier alpha value is -0.610. The van der Waals surface area contributed by atoms with Crippen LogP contribution in [0.4, 0.5) is 0 Å². The van der Waals surface area contributed by atoms with Crippen LogP contribution in [0.15, 0.2) is 0 Å². The van der Waals surface area contributed by atoms with E-state index in [0.717, 1.165) is 12.8 Å². The molecule has 1 saturated carbocycles. The van der Waals surface area contributed by atoms with Gasteiger partial charge in [-0.25, -0.2) is 4.79 Å². The number of carbonyl (C=O) groups is 1. The smallest absolute Gasteiger partial charge is 0.366 e. The van der Waals surface area contributed by atoms with Crippen molar-refractivity contribution in [3.63, 3.8) is 0 Å². The Kier molecular flexibility index (Phi) is 5.17. The Morgan fingerprint density at radius 2 is 2.00 bits per heavy atom. The third-order valence-electron chi connectivity index (χ3n) is 4.00. The molecule has 0 aromatic rings. The molecule has 4 nitrogen and oxygen atoms in total. The summed E-state index contributed by atoms with van der Waals surface area (Å²) in [6.45, 7) is 7.78. The second kappa shape index (κ2) is 6.02. The third-order valence-corrected chi connectivity index (χ3v) is 4.00. The van der Waals surface area contributed by atoms with Crippen molar-refractivity contribution in [1.82, 2.24) is 0 Å². The molecule has 4 heteroatoms. The number of ether oxygens (including phenoxy) is 2. The largest absolute Gasteiger partial charge is 0.458 e. The van der Waals surface area contributed by atoms with E-state index < -0.39 is 11.8 Å². The van der Waals surface area contributed by atoms with Crippen LogP contribution in [0.3, 0.4) is 0 Å². The molecule has 1 fully saturated rings. The molecular formula is C14H26O4. The summed E-state index contributed by atoms with van der Waals surface area (Å²) in [4.78, 5) is 11.8. The fourth-order valence-corrected chi connectivity index (χ4v) is 2.58. The molecular weight excluding hydrogens is 232 g/mol. The lowest BCUT2D eigenvalue weighted by molar-refractivity contribution is -0.221. The average molecular weight is 258 g/mol. The first-order valence-corrected chi connectivity index (χ1v) is 6.76. The molecule has 0 amide bonds. The van der Waals surface area contributed by atoms with E-state index in [2.05, 4.69) is 20.8 Å². The van der Waals surface area contributed by atoms with E-state index in [1.54, 1.807) is 0 Å². The normalized spacial score (nSPS) is 32.1. The average Bonchev–Trinajstić information content (AvgIpc) is 2.28. The van der Waals surface area contributed by atoms with Crippen molar-refractivity contribution in [1.29, 1.82) is 0 Å². The number of methoxy groups -OCH3 is 1. The Labute approximate surface area is 110 Å². The zero-order valence-electron chi connectivity index (χ0n) is 12.1. The van der Waals surface area contributed by atoms with E-state index in [9.17, 15) is 9.90 Å². The van der Waals surface area contributed by atoms with Crippen LogP contribution in [0.25, 0.3) is 0 Å². The summed E-state index contributed by atoms with van der Waals surface area (Å²) >= 11 is 0. The monoisotopic (exact) mass is 258 g/mol. The van der Waals surface area contributed by atoms with Crippen molar-refractivity contribution in [2.24, 2.45) is 17.8 Å². The predicted octanol–water partition coefficient (Wildman–Crippen LogP) is 2.35. The molecule has 1 N–H and O–H groups in total. The standard InChI is InChI=1S/C14H26O4/c1-9(2)11-7-6-10(3)8-12(11)18-13(15)14(4,16)17-5/h9-12,16H,6-8H2,1-5H3. The molecule has 1 rings (SSSR count). The highest BCUT2D eigenvalue weighted by molar-refractivity contribution is 5.77. The van der Waals surface area contributed by atoms with Gasteiger partial charge in [0.15, 0.2) is 0 Å². The summed E-state index contributed by atoms with van der Waals surface area (Å²) in [6.07, 6.45) is 3.01. The highest BCUT2D eigenvalue weighted by Crippen LogP contribution is 2.35. The summed E-state index contributed by atoms with van der Waals surface area (Å²) in [5, 5.41) is 9.72. The van der Waals surface area contributed by atoms with Crippen LogP contribution in [0.2, 0.25) is 0 Å². The van der Waals surface area contributed by atoms with Crippen molar-refractivity contribution >= 4 is 5.97 Å². The van der Waals surface area contributed by atoms with Crippen LogP contribution in [-0.4, -0.2) is 30.1 Å². The maximum Gasteiger partial charge on any atom is 0.366 e. The molecule has 0 heterocycles. The minimum atomic E-state index is -1.85. The summed E-state index contributed by atoms with van der Waals surface area (Å²) < 4.78 is 10.2. The second-order valence-electron chi connectivity index (χ2n) is 5.96. The molecule has 4 atom stereocenters. The maximum absolute atomic E-state index is 11.8. The van der Waals surface area contributed by atoms with Gasteiger partial charge >= 0.3 is 5.97 Å². The number of hydrogen-bond donors (Lipinski definition) is 1. The van der Waals surface area contributed by atoms with Gasteiger partial charge in [0, 0.05) is 14.0 Å². The van der Waals surface area contributed by atoms with Crippen molar-refractivity contribution in [3.05, 3.63) is 0 Å². The molecule has 18 heavy (non-hydrogen) atoms. The van der Waals surface area contributed by atoms with Crippen LogP contribution in [-0.2, 0) is 14.3 Å². The predicted molar refractivity (Wildman–Crippen MR) is 68.9 cm³/mol. The molecule has 106 valence electrons. The van der Waals surface area contributed by atoms with Crippen LogP contribution >= 0.6 is 0 Å². The van der Waals surface area contributed by atoms with Crippen LogP contribution in [0.1, 0.15) is 47.0 Å². The number of rotatable bonds is 4. The summed E-state index contributed by atoms with van der Waals surface area (Å²) in [6, 6.07) is 0. The Balaban J connectivity index is 2.69. The molecule has 0 radical (unpaired) electrons. The molecule has 0 saturated heterocycles.